The Hall–Kier alpha value is -1.98. The standard InChI is InChI=1S/C19H28N4O2/c1-14-10-21-16(11-20-14)12-22-19(25)15-8-9-18(24)23(13-15)17-6-4-2-3-5-7-17/h10-11,15,17H,2-9,12-13H2,1H3,(H,22,25). The predicted octanol–water partition coefficient (Wildman–Crippen LogP) is 2.36. The van der Waals surface area contributed by atoms with Gasteiger partial charge in [-0.25, -0.2) is 0 Å². The molecule has 0 radical (unpaired) electrons. The van der Waals surface area contributed by atoms with Crippen LogP contribution >= 0.6 is 0 Å². The van der Waals surface area contributed by atoms with Crippen molar-refractivity contribution in [3.8, 4) is 0 Å². The first-order valence-electron chi connectivity index (χ1n) is 9.48. The largest absolute Gasteiger partial charge is 0.350 e. The highest BCUT2D eigenvalue weighted by Gasteiger charge is 2.34. The minimum atomic E-state index is -0.112. The molecule has 2 heterocycles. The van der Waals surface area contributed by atoms with Crippen molar-refractivity contribution < 1.29 is 9.59 Å². The second kappa shape index (κ2) is 8.41. The zero-order chi connectivity index (χ0) is 17.6. The molecule has 1 atom stereocenters. The number of carbonyl (C=O) groups excluding carboxylic acids is 2. The number of hydrogen-bond acceptors (Lipinski definition) is 4. The Morgan fingerprint density at radius 3 is 2.60 bits per heavy atom. The number of nitrogens with zero attached hydrogens (tertiary/aromatic N) is 3. The normalized spacial score (nSPS) is 22.5. The van der Waals surface area contributed by atoms with Crippen molar-refractivity contribution in [2.24, 2.45) is 5.92 Å². The van der Waals surface area contributed by atoms with E-state index in [4.69, 9.17) is 0 Å². The zero-order valence-corrected chi connectivity index (χ0v) is 15.0. The van der Waals surface area contributed by atoms with Crippen molar-refractivity contribution in [3.05, 3.63) is 23.8 Å². The topological polar surface area (TPSA) is 75.2 Å². The molecule has 1 aliphatic carbocycles. The Labute approximate surface area is 149 Å². The van der Waals surface area contributed by atoms with E-state index in [2.05, 4.69) is 15.3 Å². The van der Waals surface area contributed by atoms with Crippen LogP contribution in [-0.2, 0) is 16.1 Å². The molecule has 6 nitrogen and oxygen atoms in total. The molecular weight excluding hydrogens is 316 g/mol. The summed E-state index contributed by atoms with van der Waals surface area (Å²) < 4.78 is 0. The molecule has 2 aliphatic rings. The minimum Gasteiger partial charge on any atom is -0.350 e. The Bertz CT molecular complexity index is 594. The maximum atomic E-state index is 12.5. The van der Waals surface area contributed by atoms with Gasteiger partial charge in [0.2, 0.25) is 11.8 Å². The molecule has 2 amide bonds. The smallest absolute Gasteiger partial charge is 0.225 e. The van der Waals surface area contributed by atoms with Crippen molar-refractivity contribution in [1.29, 1.82) is 0 Å². The summed E-state index contributed by atoms with van der Waals surface area (Å²) in [5.41, 5.74) is 1.62. The molecule has 1 aromatic heterocycles. The quantitative estimate of drug-likeness (QED) is 0.851. The van der Waals surface area contributed by atoms with Crippen LogP contribution in [0.2, 0.25) is 0 Å². The number of aryl methyl sites for hydroxylation is 1. The fourth-order valence-electron chi connectivity index (χ4n) is 3.84. The van der Waals surface area contributed by atoms with Gasteiger partial charge in [-0.2, -0.15) is 0 Å². The molecule has 1 aromatic rings. The van der Waals surface area contributed by atoms with Crippen LogP contribution in [0.15, 0.2) is 12.4 Å². The third kappa shape index (κ3) is 4.77. The molecule has 136 valence electrons. The van der Waals surface area contributed by atoms with E-state index < -0.39 is 0 Å². The van der Waals surface area contributed by atoms with Crippen molar-refractivity contribution in [1.82, 2.24) is 20.2 Å². The molecule has 1 aliphatic heterocycles. The summed E-state index contributed by atoms with van der Waals surface area (Å²) in [6.07, 6.45) is 11.6. The number of aromatic nitrogens is 2. The molecule has 1 unspecified atom stereocenters. The van der Waals surface area contributed by atoms with Crippen LogP contribution in [0, 0.1) is 12.8 Å². The van der Waals surface area contributed by atoms with Gasteiger partial charge in [-0.05, 0) is 26.2 Å². The summed E-state index contributed by atoms with van der Waals surface area (Å²) in [6.45, 7) is 2.84. The van der Waals surface area contributed by atoms with Crippen molar-refractivity contribution in [2.45, 2.75) is 70.9 Å². The molecule has 3 rings (SSSR count). The van der Waals surface area contributed by atoms with Crippen LogP contribution in [0.4, 0.5) is 0 Å². The van der Waals surface area contributed by atoms with Gasteiger partial charge in [0.05, 0.1) is 30.0 Å². The van der Waals surface area contributed by atoms with Crippen LogP contribution in [0.5, 0.6) is 0 Å². The lowest BCUT2D eigenvalue weighted by Gasteiger charge is -2.37. The maximum absolute atomic E-state index is 12.5. The minimum absolute atomic E-state index is 0.0218. The lowest BCUT2D eigenvalue weighted by atomic mass is 9.93. The summed E-state index contributed by atoms with van der Waals surface area (Å²) in [7, 11) is 0. The van der Waals surface area contributed by atoms with Gasteiger partial charge >= 0.3 is 0 Å². The van der Waals surface area contributed by atoms with E-state index in [1.54, 1.807) is 12.4 Å². The van der Waals surface area contributed by atoms with Gasteiger partial charge in [0, 0.05) is 25.2 Å². The molecule has 1 N–H and O–H groups in total. The van der Waals surface area contributed by atoms with Gasteiger partial charge in [0.25, 0.3) is 0 Å². The van der Waals surface area contributed by atoms with Crippen molar-refractivity contribution in [3.63, 3.8) is 0 Å². The molecule has 6 heteroatoms. The average molecular weight is 344 g/mol. The van der Waals surface area contributed by atoms with Crippen molar-refractivity contribution >= 4 is 11.8 Å². The van der Waals surface area contributed by atoms with Crippen molar-refractivity contribution in [2.75, 3.05) is 6.54 Å². The summed E-state index contributed by atoms with van der Waals surface area (Å²) in [5, 5.41) is 2.96. The Morgan fingerprint density at radius 2 is 1.92 bits per heavy atom. The first kappa shape index (κ1) is 17.8. The number of carbonyl (C=O) groups is 2. The fourth-order valence-corrected chi connectivity index (χ4v) is 3.84. The van der Waals surface area contributed by atoms with Crippen LogP contribution in [0.25, 0.3) is 0 Å². The Kier molecular flexibility index (Phi) is 6.00. The lowest BCUT2D eigenvalue weighted by molar-refractivity contribution is -0.141. The highest BCUT2D eigenvalue weighted by molar-refractivity contribution is 5.84. The number of amides is 2. The van der Waals surface area contributed by atoms with E-state index in [1.807, 2.05) is 11.8 Å². The number of likely N-dealkylation sites (tertiary alicyclic amines) is 1. The van der Waals surface area contributed by atoms with Crippen LogP contribution in [-0.4, -0.2) is 39.3 Å². The summed E-state index contributed by atoms with van der Waals surface area (Å²) in [5.74, 6) is 0.133. The molecule has 1 saturated carbocycles. The third-order valence-corrected chi connectivity index (χ3v) is 5.36. The van der Waals surface area contributed by atoms with Crippen LogP contribution in [0.1, 0.15) is 62.8 Å². The number of nitrogens with one attached hydrogen (secondary N) is 1. The zero-order valence-electron chi connectivity index (χ0n) is 15.0. The van der Waals surface area contributed by atoms with Gasteiger partial charge < -0.3 is 10.2 Å². The Balaban J connectivity index is 1.55. The molecule has 2 fully saturated rings. The number of piperidine rings is 1. The monoisotopic (exact) mass is 344 g/mol. The molecule has 0 aromatic carbocycles. The number of rotatable bonds is 4. The van der Waals surface area contributed by atoms with E-state index in [0.29, 0.717) is 32.0 Å². The van der Waals surface area contributed by atoms with E-state index in [0.717, 1.165) is 24.2 Å². The van der Waals surface area contributed by atoms with E-state index in [9.17, 15) is 9.59 Å². The first-order valence-corrected chi connectivity index (χ1v) is 9.48. The predicted molar refractivity (Wildman–Crippen MR) is 94.5 cm³/mol. The van der Waals surface area contributed by atoms with Gasteiger partial charge in [-0.15, -0.1) is 0 Å². The van der Waals surface area contributed by atoms with Crippen LogP contribution < -0.4 is 5.32 Å². The van der Waals surface area contributed by atoms with Gasteiger partial charge in [-0.1, -0.05) is 25.7 Å². The van der Waals surface area contributed by atoms with E-state index in [1.165, 1.54) is 25.7 Å². The van der Waals surface area contributed by atoms with Crippen LogP contribution in [0.3, 0.4) is 0 Å². The molecule has 0 spiro atoms. The highest BCUT2D eigenvalue weighted by Crippen LogP contribution is 2.27. The third-order valence-electron chi connectivity index (χ3n) is 5.36. The van der Waals surface area contributed by atoms with E-state index in [-0.39, 0.29) is 17.7 Å². The van der Waals surface area contributed by atoms with Gasteiger partial charge in [0.15, 0.2) is 0 Å². The second-order valence-corrected chi connectivity index (χ2v) is 7.29. The maximum Gasteiger partial charge on any atom is 0.225 e. The van der Waals surface area contributed by atoms with E-state index >= 15 is 0 Å². The lowest BCUT2D eigenvalue weighted by Crippen LogP contribution is -2.49. The molecule has 1 saturated heterocycles. The number of hydrogen-bond donors (Lipinski definition) is 1. The highest BCUT2D eigenvalue weighted by atomic mass is 16.2. The molecular formula is C19H28N4O2. The fraction of sp³-hybridized carbons (Fsp3) is 0.684. The average Bonchev–Trinajstić information content (AvgIpc) is 2.91. The summed E-state index contributed by atoms with van der Waals surface area (Å²) in [4.78, 5) is 35.4. The summed E-state index contributed by atoms with van der Waals surface area (Å²) >= 11 is 0. The second-order valence-electron chi connectivity index (χ2n) is 7.29. The molecule has 25 heavy (non-hydrogen) atoms. The van der Waals surface area contributed by atoms with Gasteiger partial charge in [-0.3, -0.25) is 19.6 Å². The summed E-state index contributed by atoms with van der Waals surface area (Å²) in [6, 6.07) is 0.327. The first-order chi connectivity index (χ1) is 12.1. The SMILES string of the molecule is Cc1cnc(CNC(=O)C2CCC(=O)N(C3CCCCCC3)C2)cn1. The Morgan fingerprint density at radius 1 is 1.16 bits per heavy atom. The molecule has 0 bridgehead atoms. The van der Waals surface area contributed by atoms with Gasteiger partial charge in [0.1, 0.15) is 0 Å².